The second-order valence-electron chi connectivity index (χ2n) is 7.12. The second-order valence-corrected chi connectivity index (χ2v) is 8.34. The summed E-state index contributed by atoms with van der Waals surface area (Å²) in [7, 11) is -0.426. The first-order valence-electron chi connectivity index (χ1n) is 8.13. The van der Waals surface area contributed by atoms with Gasteiger partial charge in [0, 0.05) is 30.2 Å². The van der Waals surface area contributed by atoms with E-state index in [1.54, 1.807) is 0 Å². The van der Waals surface area contributed by atoms with Crippen molar-refractivity contribution in [1.82, 2.24) is 4.90 Å². The molecule has 1 aromatic rings. The number of carbonyl (C=O) groups is 1. The lowest BCUT2D eigenvalue weighted by atomic mass is 9.78. The van der Waals surface area contributed by atoms with E-state index in [4.69, 9.17) is 9.31 Å². The van der Waals surface area contributed by atoms with Crippen LogP contribution in [0.5, 0.6) is 0 Å². The fraction of sp³-hybridized carbons (Fsp3) is 0.588. The van der Waals surface area contributed by atoms with Gasteiger partial charge >= 0.3 is 7.12 Å². The normalized spacial score (nSPS) is 23.1. The molecule has 2 aliphatic heterocycles. The smallest absolute Gasteiger partial charge is 0.399 e. The van der Waals surface area contributed by atoms with Crippen LogP contribution in [-0.4, -0.2) is 53.7 Å². The van der Waals surface area contributed by atoms with Gasteiger partial charge in [0.1, 0.15) is 0 Å². The number of rotatable bonds is 2. The van der Waals surface area contributed by atoms with Crippen LogP contribution in [0.25, 0.3) is 0 Å². The van der Waals surface area contributed by atoms with Crippen LogP contribution in [-0.2, 0) is 9.31 Å². The van der Waals surface area contributed by atoms with Crippen LogP contribution in [0.15, 0.2) is 24.3 Å². The number of hydrogen-bond acceptors (Lipinski definition) is 4. The van der Waals surface area contributed by atoms with Crippen LogP contribution in [0.3, 0.4) is 0 Å². The summed E-state index contributed by atoms with van der Waals surface area (Å²) in [6.45, 7) is 9.79. The molecule has 0 bridgehead atoms. The number of nitrogens with zero attached hydrogens (tertiary/aromatic N) is 1. The topological polar surface area (TPSA) is 38.8 Å². The molecule has 2 heterocycles. The minimum Gasteiger partial charge on any atom is -0.399 e. The predicted octanol–water partition coefficient (Wildman–Crippen LogP) is 2.17. The van der Waals surface area contributed by atoms with Crippen molar-refractivity contribution in [3.8, 4) is 0 Å². The molecule has 4 nitrogen and oxygen atoms in total. The number of carbonyl (C=O) groups excluding carboxylic acids is 1. The van der Waals surface area contributed by atoms with Gasteiger partial charge < -0.3 is 14.2 Å². The summed E-state index contributed by atoms with van der Waals surface area (Å²) in [5.41, 5.74) is 0.869. The van der Waals surface area contributed by atoms with E-state index in [1.807, 2.05) is 68.6 Å². The third-order valence-corrected chi connectivity index (χ3v) is 5.90. The van der Waals surface area contributed by atoms with Crippen LogP contribution in [0.2, 0.25) is 0 Å². The molecule has 0 N–H and O–H groups in total. The van der Waals surface area contributed by atoms with Crippen molar-refractivity contribution >= 4 is 30.3 Å². The Bertz CT molecular complexity index is 583. The van der Waals surface area contributed by atoms with Gasteiger partial charge in [0.2, 0.25) is 0 Å². The van der Waals surface area contributed by atoms with Gasteiger partial charge in [-0.3, -0.25) is 4.79 Å². The van der Waals surface area contributed by atoms with Crippen molar-refractivity contribution in [2.24, 2.45) is 0 Å². The molecule has 0 unspecified atom stereocenters. The summed E-state index contributed by atoms with van der Waals surface area (Å²) in [5, 5.41) is 0. The Hall–Kier alpha value is -0.975. The van der Waals surface area contributed by atoms with Gasteiger partial charge in [-0.1, -0.05) is 12.1 Å². The molecule has 23 heavy (non-hydrogen) atoms. The number of hydrogen-bond donors (Lipinski definition) is 0. The van der Waals surface area contributed by atoms with Gasteiger partial charge in [0.25, 0.3) is 5.91 Å². The molecule has 124 valence electrons. The monoisotopic (exact) mass is 333 g/mol. The average molecular weight is 333 g/mol. The molecule has 0 aromatic heterocycles. The zero-order valence-electron chi connectivity index (χ0n) is 14.3. The quantitative estimate of drug-likeness (QED) is 0.778. The third-order valence-electron chi connectivity index (χ3n) is 4.96. The SMILES string of the molecule is CC1(C)OB(c2cccc(C(=O)N3CCSCC3)c2)OC1(C)C. The number of amides is 1. The first-order chi connectivity index (χ1) is 10.8. The fourth-order valence-electron chi connectivity index (χ4n) is 2.75. The van der Waals surface area contributed by atoms with Crippen molar-refractivity contribution in [2.75, 3.05) is 24.6 Å². The second kappa shape index (κ2) is 6.15. The van der Waals surface area contributed by atoms with Gasteiger partial charge in [-0.2, -0.15) is 11.8 Å². The van der Waals surface area contributed by atoms with Crippen LogP contribution in [0.1, 0.15) is 38.1 Å². The van der Waals surface area contributed by atoms with Crippen molar-refractivity contribution in [1.29, 1.82) is 0 Å². The van der Waals surface area contributed by atoms with Gasteiger partial charge in [-0.05, 0) is 45.3 Å². The fourth-order valence-corrected chi connectivity index (χ4v) is 3.65. The summed E-state index contributed by atoms with van der Waals surface area (Å²) >= 11 is 1.90. The van der Waals surface area contributed by atoms with Gasteiger partial charge in [-0.15, -0.1) is 0 Å². The highest BCUT2D eigenvalue weighted by Crippen LogP contribution is 2.36. The van der Waals surface area contributed by atoms with E-state index < -0.39 is 7.12 Å². The van der Waals surface area contributed by atoms with Gasteiger partial charge in [-0.25, -0.2) is 0 Å². The van der Waals surface area contributed by atoms with E-state index >= 15 is 0 Å². The number of benzene rings is 1. The van der Waals surface area contributed by atoms with Crippen LogP contribution in [0.4, 0.5) is 0 Å². The molecule has 0 aliphatic carbocycles. The molecular weight excluding hydrogens is 309 g/mol. The Balaban J connectivity index is 1.79. The summed E-state index contributed by atoms with van der Waals surface area (Å²) in [6, 6.07) is 7.66. The van der Waals surface area contributed by atoms with Crippen molar-refractivity contribution in [3.63, 3.8) is 0 Å². The minimum atomic E-state index is -0.426. The molecule has 0 spiro atoms. The number of thioether (sulfide) groups is 1. The highest BCUT2D eigenvalue weighted by Gasteiger charge is 2.51. The first kappa shape index (κ1) is 16.9. The highest BCUT2D eigenvalue weighted by atomic mass is 32.2. The van der Waals surface area contributed by atoms with Crippen LogP contribution >= 0.6 is 11.8 Å². The van der Waals surface area contributed by atoms with E-state index in [1.165, 1.54) is 0 Å². The summed E-state index contributed by atoms with van der Waals surface area (Å²) in [6.07, 6.45) is 0. The summed E-state index contributed by atoms with van der Waals surface area (Å²) in [5.74, 6) is 2.13. The van der Waals surface area contributed by atoms with Crippen LogP contribution in [0, 0.1) is 0 Å². The minimum absolute atomic E-state index is 0.101. The predicted molar refractivity (Wildman–Crippen MR) is 95.4 cm³/mol. The Labute approximate surface area is 143 Å². The molecule has 3 rings (SSSR count). The molecule has 0 saturated carbocycles. The Morgan fingerprint density at radius 1 is 1.13 bits per heavy atom. The Morgan fingerprint density at radius 2 is 1.74 bits per heavy atom. The van der Waals surface area contributed by atoms with E-state index in [2.05, 4.69) is 0 Å². The van der Waals surface area contributed by atoms with Crippen molar-refractivity contribution in [3.05, 3.63) is 29.8 Å². The zero-order valence-corrected chi connectivity index (χ0v) is 15.1. The lowest BCUT2D eigenvalue weighted by Gasteiger charge is -2.32. The van der Waals surface area contributed by atoms with E-state index in [0.29, 0.717) is 5.56 Å². The zero-order chi connectivity index (χ0) is 16.7. The molecule has 1 aromatic carbocycles. The Kier molecular flexibility index (Phi) is 4.51. The summed E-state index contributed by atoms with van der Waals surface area (Å²) < 4.78 is 12.2. The van der Waals surface area contributed by atoms with E-state index in [-0.39, 0.29) is 17.1 Å². The third kappa shape index (κ3) is 3.30. The molecule has 0 atom stereocenters. The lowest BCUT2D eigenvalue weighted by Crippen LogP contribution is -2.41. The molecule has 2 aliphatic rings. The van der Waals surface area contributed by atoms with Gasteiger partial charge in [0.15, 0.2) is 0 Å². The first-order valence-corrected chi connectivity index (χ1v) is 9.28. The molecule has 2 fully saturated rings. The molecule has 2 saturated heterocycles. The maximum Gasteiger partial charge on any atom is 0.494 e. The molecular formula is C17H24BNO3S. The standard InChI is InChI=1S/C17H24BNO3S/c1-16(2)17(3,4)22-18(21-16)14-7-5-6-13(12-14)15(20)19-8-10-23-11-9-19/h5-7,12H,8-11H2,1-4H3. The maximum absolute atomic E-state index is 12.7. The molecule has 6 heteroatoms. The van der Waals surface area contributed by atoms with E-state index in [9.17, 15) is 4.79 Å². The Morgan fingerprint density at radius 3 is 2.35 bits per heavy atom. The lowest BCUT2D eigenvalue weighted by molar-refractivity contribution is 0.00578. The largest absolute Gasteiger partial charge is 0.494 e. The van der Waals surface area contributed by atoms with E-state index in [0.717, 1.165) is 30.1 Å². The van der Waals surface area contributed by atoms with Crippen LogP contribution < -0.4 is 5.46 Å². The molecule has 1 amide bonds. The summed E-state index contributed by atoms with van der Waals surface area (Å²) in [4.78, 5) is 14.6. The van der Waals surface area contributed by atoms with Crippen molar-refractivity contribution < 1.29 is 14.1 Å². The molecule has 0 radical (unpaired) electrons. The maximum atomic E-state index is 12.7. The average Bonchev–Trinajstić information content (AvgIpc) is 2.76. The highest BCUT2D eigenvalue weighted by molar-refractivity contribution is 7.99. The van der Waals surface area contributed by atoms with Gasteiger partial charge in [0.05, 0.1) is 11.2 Å². The van der Waals surface area contributed by atoms with Crippen molar-refractivity contribution in [2.45, 2.75) is 38.9 Å².